The van der Waals surface area contributed by atoms with E-state index in [0.29, 0.717) is 18.1 Å². The van der Waals surface area contributed by atoms with Gasteiger partial charge in [-0.05, 0) is 32.1 Å². The number of nitrogens with one attached hydrogen (secondary N) is 2. The third-order valence-electron chi connectivity index (χ3n) is 3.95. The molecule has 2 rings (SSSR count). The van der Waals surface area contributed by atoms with Crippen LogP contribution in [0.5, 0.6) is 0 Å². The fourth-order valence-electron chi connectivity index (χ4n) is 2.78. The highest BCUT2D eigenvalue weighted by Gasteiger charge is 2.32. The zero-order valence-corrected chi connectivity index (χ0v) is 13.1. The van der Waals surface area contributed by atoms with Gasteiger partial charge >= 0.3 is 12.0 Å². The Morgan fingerprint density at radius 3 is 2.81 bits per heavy atom. The number of nitrogens with zero attached hydrogens (tertiary/aromatic N) is 1. The average molecular weight is 311 g/mol. The molecule has 3 N–H and O–H groups in total. The number of carboxylic acid groups (broad SMARTS) is 1. The quantitative estimate of drug-likeness (QED) is 0.779. The fourth-order valence-corrected chi connectivity index (χ4v) is 3.68. The minimum absolute atomic E-state index is 0.0254. The maximum atomic E-state index is 11.9. The second-order valence-electron chi connectivity index (χ2n) is 5.35. The van der Waals surface area contributed by atoms with Crippen LogP contribution in [-0.2, 0) is 11.2 Å². The van der Waals surface area contributed by atoms with Crippen LogP contribution in [0.25, 0.3) is 0 Å². The smallest absolute Gasteiger partial charge is 0.321 e. The molecule has 2 atom stereocenters. The molecule has 21 heavy (non-hydrogen) atoms. The topological polar surface area (TPSA) is 91.3 Å². The van der Waals surface area contributed by atoms with Gasteiger partial charge < -0.3 is 10.4 Å². The van der Waals surface area contributed by atoms with E-state index in [9.17, 15) is 9.59 Å². The van der Waals surface area contributed by atoms with Crippen molar-refractivity contribution in [3.05, 3.63) is 10.6 Å². The summed E-state index contributed by atoms with van der Waals surface area (Å²) in [6.45, 7) is 4.40. The molecule has 1 heterocycles. The molecule has 0 spiro atoms. The number of hydrogen-bond donors (Lipinski definition) is 3. The van der Waals surface area contributed by atoms with Crippen molar-refractivity contribution in [3.8, 4) is 0 Å². The lowest BCUT2D eigenvalue weighted by Crippen LogP contribution is -2.35. The minimum Gasteiger partial charge on any atom is -0.481 e. The van der Waals surface area contributed by atoms with Crippen LogP contribution in [0.1, 0.15) is 36.8 Å². The predicted octanol–water partition coefficient (Wildman–Crippen LogP) is 2.64. The summed E-state index contributed by atoms with van der Waals surface area (Å²) in [7, 11) is 0. The van der Waals surface area contributed by atoms with E-state index in [4.69, 9.17) is 5.11 Å². The standard InChI is InChI=1S/C14H21N3O3S/c1-3-11-8(2)21-14(16-11)17-13(20)15-7-9-5-4-6-10(9)12(18)19/h9-10H,3-7H2,1-2H3,(H,18,19)(H2,15,16,17,20). The SMILES string of the molecule is CCc1nc(NC(=O)NCC2CCCC2C(=O)O)sc1C. The van der Waals surface area contributed by atoms with Gasteiger partial charge in [-0.25, -0.2) is 9.78 Å². The van der Waals surface area contributed by atoms with E-state index in [1.54, 1.807) is 0 Å². The van der Waals surface area contributed by atoms with Crippen molar-refractivity contribution in [3.63, 3.8) is 0 Å². The van der Waals surface area contributed by atoms with E-state index < -0.39 is 5.97 Å². The normalized spacial score (nSPS) is 21.2. The summed E-state index contributed by atoms with van der Waals surface area (Å²) in [5.41, 5.74) is 0.997. The van der Waals surface area contributed by atoms with Crippen LogP contribution in [0.4, 0.5) is 9.93 Å². The maximum absolute atomic E-state index is 11.9. The number of aliphatic carboxylic acids is 1. The van der Waals surface area contributed by atoms with Crippen molar-refractivity contribution >= 4 is 28.5 Å². The van der Waals surface area contributed by atoms with Crippen molar-refractivity contribution in [2.24, 2.45) is 11.8 Å². The zero-order valence-electron chi connectivity index (χ0n) is 12.3. The Kier molecular flexibility index (Phi) is 5.17. The highest BCUT2D eigenvalue weighted by Crippen LogP contribution is 2.31. The van der Waals surface area contributed by atoms with E-state index in [1.165, 1.54) is 11.3 Å². The lowest BCUT2D eigenvalue weighted by Gasteiger charge is -2.16. The molecule has 1 aliphatic carbocycles. The average Bonchev–Trinajstić information content (AvgIpc) is 3.02. The molecular formula is C14H21N3O3S. The summed E-state index contributed by atoms with van der Waals surface area (Å²) in [6.07, 6.45) is 3.31. The summed E-state index contributed by atoms with van der Waals surface area (Å²) >= 11 is 1.45. The second-order valence-corrected chi connectivity index (χ2v) is 6.55. The lowest BCUT2D eigenvalue weighted by atomic mass is 9.96. The molecule has 0 bridgehead atoms. The van der Waals surface area contributed by atoms with Gasteiger partial charge in [0.2, 0.25) is 0 Å². The number of anilines is 1. The second kappa shape index (κ2) is 6.89. The first-order valence-corrected chi connectivity index (χ1v) is 8.06. The molecule has 1 fully saturated rings. The van der Waals surface area contributed by atoms with Gasteiger partial charge in [0.1, 0.15) is 0 Å². The Balaban J connectivity index is 1.83. The van der Waals surface area contributed by atoms with Crippen LogP contribution in [0.2, 0.25) is 0 Å². The molecule has 2 unspecified atom stereocenters. The summed E-state index contributed by atoms with van der Waals surface area (Å²) in [6, 6.07) is -0.317. The van der Waals surface area contributed by atoms with Crippen LogP contribution in [0.3, 0.4) is 0 Å². The molecular weight excluding hydrogens is 290 g/mol. The number of carboxylic acids is 1. The Morgan fingerprint density at radius 1 is 1.43 bits per heavy atom. The van der Waals surface area contributed by atoms with E-state index in [2.05, 4.69) is 15.6 Å². The van der Waals surface area contributed by atoms with Crippen molar-refractivity contribution in [1.29, 1.82) is 0 Å². The maximum Gasteiger partial charge on any atom is 0.321 e. The van der Waals surface area contributed by atoms with Gasteiger partial charge in [-0.15, -0.1) is 11.3 Å². The molecule has 2 amide bonds. The number of urea groups is 1. The van der Waals surface area contributed by atoms with Gasteiger partial charge in [0.25, 0.3) is 0 Å². The van der Waals surface area contributed by atoms with Gasteiger partial charge in [0.15, 0.2) is 5.13 Å². The molecule has 1 aromatic heterocycles. The number of aryl methyl sites for hydroxylation is 2. The monoisotopic (exact) mass is 311 g/mol. The van der Waals surface area contributed by atoms with Gasteiger partial charge in [0.05, 0.1) is 11.6 Å². The summed E-state index contributed by atoms with van der Waals surface area (Å²) < 4.78 is 0. The molecule has 1 aliphatic rings. The van der Waals surface area contributed by atoms with E-state index in [0.717, 1.165) is 29.8 Å². The molecule has 0 radical (unpaired) electrons. The van der Waals surface area contributed by atoms with Crippen LogP contribution >= 0.6 is 11.3 Å². The number of hydrogen-bond acceptors (Lipinski definition) is 4. The molecule has 7 heteroatoms. The van der Waals surface area contributed by atoms with Gasteiger partial charge in [-0.1, -0.05) is 13.3 Å². The van der Waals surface area contributed by atoms with Gasteiger partial charge in [-0.2, -0.15) is 0 Å². The van der Waals surface area contributed by atoms with Crippen LogP contribution in [-0.4, -0.2) is 28.6 Å². The van der Waals surface area contributed by atoms with Crippen molar-refractivity contribution in [1.82, 2.24) is 10.3 Å². The number of aromatic nitrogens is 1. The third-order valence-corrected chi connectivity index (χ3v) is 4.88. The summed E-state index contributed by atoms with van der Waals surface area (Å²) in [4.78, 5) is 28.4. The zero-order chi connectivity index (χ0) is 15.4. The van der Waals surface area contributed by atoms with Crippen LogP contribution in [0, 0.1) is 18.8 Å². The van der Waals surface area contributed by atoms with Crippen LogP contribution in [0.15, 0.2) is 0 Å². The molecule has 0 aliphatic heterocycles. The van der Waals surface area contributed by atoms with Gasteiger partial charge in [-0.3, -0.25) is 10.1 Å². The van der Waals surface area contributed by atoms with Crippen LogP contribution < -0.4 is 10.6 Å². The highest BCUT2D eigenvalue weighted by molar-refractivity contribution is 7.15. The highest BCUT2D eigenvalue weighted by atomic mass is 32.1. The Labute approximate surface area is 128 Å². The summed E-state index contributed by atoms with van der Waals surface area (Å²) in [5.74, 6) is -1.07. The number of amides is 2. The molecule has 1 aromatic rings. The molecule has 116 valence electrons. The molecule has 0 aromatic carbocycles. The first kappa shape index (κ1) is 15.8. The van der Waals surface area contributed by atoms with Crippen molar-refractivity contribution in [2.75, 3.05) is 11.9 Å². The third kappa shape index (κ3) is 3.93. The predicted molar refractivity (Wildman–Crippen MR) is 81.7 cm³/mol. The lowest BCUT2D eigenvalue weighted by molar-refractivity contribution is -0.142. The molecule has 1 saturated carbocycles. The number of thiazole rings is 1. The first-order chi connectivity index (χ1) is 10.0. The van der Waals surface area contributed by atoms with E-state index >= 15 is 0 Å². The Bertz CT molecular complexity index is 530. The Hall–Kier alpha value is -1.63. The molecule has 6 nitrogen and oxygen atoms in total. The fraction of sp³-hybridized carbons (Fsp3) is 0.643. The van der Waals surface area contributed by atoms with E-state index in [-0.39, 0.29) is 17.9 Å². The molecule has 0 saturated heterocycles. The largest absolute Gasteiger partial charge is 0.481 e. The number of carbonyl (C=O) groups is 2. The Morgan fingerprint density at radius 2 is 2.19 bits per heavy atom. The van der Waals surface area contributed by atoms with Gasteiger partial charge in [0, 0.05) is 11.4 Å². The first-order valence-electron chi connectivity index (χ1n) is 7.25. The number of carbonyl (C=O) groups excluding carboxylic acids is 1. The number of rotatable bonds is 5. The van der Waals surface area contributed by atoms with E-state index in [1.807, 2.05) is 13.8 Å². The summed E-state index contributed by atoms with van der Waals surface area (Å²) in [5, 5.41) is 15.2. The van der Waals surface area contributed by atoms with Crippen molar-refractivity contribution in [2.45, 2.75) is 39.5 Å². The minimum atomic E-state index is -0.761. The van der Waals surface area contributed by atoms with Crippen molar-refractivity contribution < 1.29 is 14.7 Å².